The highest BCUT2D eigenvalue weighted by Gasteiger charge is 2.19. The smallest absolute Gasteiger partial charge is 0.123 e. The van der Waals surface area contributed by atoms with Crippen LogP contribution in [0.25, 0.3) is 0 Å². The molecule has 1 atom stereocenters. The van der Waals surface area contributed by atoms with Crippen LogP contribution in [0.1, 0.15) is 30.9 Å². The van der Waals surface area contributed by atoms with Crippen molar-refractivity contribution in [2.24, 2.45) is 5.92 Å². The molecule has 0 aliphatic carbocycles. The van der Waals surface area contributed by atoms with Crippen molar-refractivity contribution in [3.8, 4) is 0 Å². The third-order valence-electron chi connectivity index (χ3n) is 3.89. The normalized spacial score (nSPS) is 18.8. The molecule has 1 aromatic carbocycles. The number of benzene rings is 1. The van der Waals surface area contributed by atoms with E-state index in [-0.39, 0.29) is 5.82 Å². The summed E-state index contributed by atoms with van der Waals surface area (Å²) in [4.78, 5) is 0. The Morgan fingerprint density at radius 3 is 2.78 bits per heavy atom. The van der Waals surface area contributed by atoms with Crippen LogP contribution in [0.2, 0.25) is 0 Å². The Morgan fingerprint density at radius 2 is 2.11 bits per heavy atom. The lowest BCUT2D eigenvalue weighted by Crippen LogP contribution is -2.36. The molecule has 1 saturated heterocycles. The van der Waals surface area contributed by atoms with E-state index in [2.05, 4.69) is 12.2 Å². The number of aryl methyl sites for hydroxylation is 1. The highest BCUT2D eigenvalue weighted by atomic mass is 19.1. The van der Waals surface area contributed by atoms with Crippen LogP contribution >= 0.6 is 0 Å². The zero-order valence-corrected chi connectivity index (χ0v) is 11.2. The second kappa shape index (κ2) is 6.30. The number of hydrogen-bond acceptors (Lipinski definition) is 2. The van der Waals surface area contributed by atoms with Crippen molar-refractivity contribution in [2.45, 2.75) is 39.3 Å². The Bertz CT molecular complexity index is 388. The van der Waals surface area contributed by atoms with Gasteiger partial charge in [-0.2, -0.15) is 0 Å². The van der Waals surface area contributed by atoms with Gasteiger partial charge in [0.25, 0.3) is 0 Å². The van der Waals surface area contributed by atoms with Gasteiger partial charge in [0.2, 0.25) is 0 Å². The third kappa shape index (κ3) is 3.53. The van der Waals surface area contributed by atoms with E-state index in [0.717, 1.165) is 38.2 Å². The minimum atomic E-state index is -0.159. The molecule has 0 aromatic heterocycles. The lowest BCUT2D eigenvalue weighted by Gasteiger charge is -2.28. The average molecular weight is 251 g/mol. The van der Waals surface area contributed by atoms with Gasteiger partial charge < -0.3 is 10.1 Å². The molecule has 1 unspecified atom stereocenters. The predicted octanol–water partition coefficient (Wildman–Crippen LogP) is 3.04. The maximum atomic E-state index is 13.0. The summed E-state index contributed by atoms with van der Waals surface area (Å²) < 4.78 is 18.4. The second-order valence-electron chi connectivity index (χ2n) is 5.19. The fourth-order valence-electron chi connectivity index (χ4n) is 2.51. The standard InChI is InChI=1S/C15H22FNO/c1-11-9-15(16)4-3-14(11)10-17-12(2)13-5-7-18-8-6-13/h3-4,9,12-13,17H,5-8,10H2,1-2H3. The first-order chi connectivity index (χ1) is 8.66. The molecule has 1 aliphatic heterocycles. The van der Waals surface area contributed by atoms with E-state index in [1.165, 1.54) is 11.6 Å². The van der Waals surface area contributed by atoms with E-state index in [1.807, 2.05) is 13.0 Å². The van der Waals surface area contributed by atoms with Gasteiger partial charge in [0, 0.05) is 25.8 Å². The van der Waals surface area contributed by atoms with Crippen LogP contribution in [0.4, 0.5) is 4.39 Å². The number of halogens is 1. The quantitative estimate of drug-likeness (QED) is 0.888. The maximum Gasteiger partial charge on any atom is 0.123 e. The summed E-state index contributed by atoms with van der Waals surface area (Å²) in [5.41, 5.74) is 2.19. The Morgan fingerprint density at radius 1 is 1.39 bits per heavy atom. The Balaban J connectivity index is 1.86. The summed E-state index contributed by atoms with van der Waals surface area (Å²) in [5, 5.41) is 3.55. The van der Waals surface area contributed by atoms with Gasteiger partial charge in [-0.1, -0.05) is 6.07 Å². The van der Waals surface area contributed by atoms with Crippen molar-refractivity contribution in [1.29, 1.82) is 0 Å². The number of rotatable bonds is 4. The first-order valence-electron chi connectivity index (χ1n) is 6.73. The summed E-state index contributed by atoms with van der Waals surface area (Å²) in [5.74, 6) is 0.535. The minimum absolute atomic E-state index is 0.159. The van der Waals surface area contributed by atoms with Crippen LogP contribution in [0.3, 0.4) is 0 Å². The van der Waals surface area contributed by atoms with Crippen LogP contribution in [-0.2, 0) is 11.3 Å². The molecule has 1 aromatic rings. The topological polar surface area (TPSA) is 21.3 Å². The van der Waals surface area contributed by atoms with Gasteiger partial charge in [-0.05, 0) is 55.9 Å². The SMILES string of the molecule is Cc1cc(F)ccc1CNC(C)C1CCOCC1. The molecular weight excluding hydrogens is 229 g/mol. The van der Waals surface area contributed by atoms with Crippen LogP contribution in [0.15, 0.2) is 18.2 Å². The Labute approximate surface area is 109 Å². The van der Waals surface area contributed by atoms with Gasteiger partial charge >= 0.3 is 0 Å². The Hall–Kier alpha value is -0.930. The van der Waals surface area contributed by atoms with E-state index in [0.29, 0.717) is 12.0 Å². The molecular formula is C15H22FNO. The number of hydrogen-bond donors (Lipinski definition) is 1. The van der Waals surface area contributed by atoms with E-state index in [1.54, 1.807) is 6.07 Å². The molecule has 100 valence electrons. The van der Waals surface area contributed by atoms with Crippen molar-refractivity contribution in [3.63, 3.8) is 0 Å². The zero-order valence-electron chi connectivity index (χ0n) is 11.2. The lowest BCUT2D eigenvalue weighted by molar-refractivity contribution is 0.0558. The van der Waals surface area contributed by atoms with Gasteiger partial charge in [0.15, 0.2) is 0 Å². The molecule has 0 radical (unpaired) electrons. The van der Waals surface area contributed by atoms with Crippen LogP contribution in [-0.4, -0.2) is 19.3 Å². The van der Waals surface area contributed by atoms with Crippen molar-refractivity contribution >= 4 is 0 Å². The van der Waals surface area contributed by atoms with Crippen LogP contribution < -0.4 is 5.32 Å². The number of nitrogens with one attached hydrogen (secondary N) is 1. The van der Waals surface area contributed by atoms with Gasteiger partial charge in [-0.3, -0.25) is 0 Å². The first-order valence-corrected chi connectivity index (χ1v) is 6.73. The van der Waals surface area contributed by atoms with Crippen molar-refractivity contribution in [1.82, 2.24) is 5.32 Å². The molecule has 0 saturated carbocycles. The molecule has 1 aliphatic rings. The highest BCUT2D eigenvalue weighted by molar-refractivity contribution is 5.26. The van der Waals surface area contributed by atoms with Crippen molar-refractivity contribution in [3.05, 3.63) is 35.1 Å². The zero-order chi connectivity index (χ0) is 13.0. The fraction of sp³-hybridized carbons (Fsp3) is 0.600. The van der Waals surface area contributed by atoms with Crippen molar-refractivity contribution in [2.75, 3.05) is 13.2 Å². The van der Waals surface area contributed by atoms with E-state index >= 15 is 0 Å². The molecule has 18 heavy (non-hydrogen) atoms. The van der Waals surface area contributed by atoms with Gasteiger partial charge in [0.05, 0.1) is 0 Å². The molecule has 2 nitrogen and oxygen atoms in total. The third-order valence-corrected chi connectivity index (χ3v) is 3.89. The van der Waals surface area contributed by atoms with E-state index in [9.17, 15) is 4.39 Å². The molecule has 3 heteroatoms. The highest BCUT2D eigenvalue weighted by Crippen LogP contribution is 2.19. The molecule has 0 spiro atoms. The number of ether oxygens (including phenoxy) is 1. The lowest BCUT2D eigenvalue weighted by atomic mass is 9.92. The molecule has 2 rings (SSSR count). The van der Waals surface area contributed by atoms with Gasteiger partial charge in [-0.25, -0.2) is 4.39 Å². The summed E-state index contributed by atoms with van der Waals surface area (Å²) in [7, 11) is 0. The minimum Gasteiger partial charge on any atom is -0.381 e. The monoisotopic (exact) mass is 251 g/mol. The van der Waals surface area contributed by atoms with Crippen LogP contribution in [0.5, 0.6) is 0 Å². The molecule has 1 fully saturated rings. The maximum absolute atomic E-state index is 13.0. The van der Waals surface area contributed by atoms with Gasteiger partial charge in [-0.15, -0.1) is 0 Å². The summed E-state index contributed by atoms with van der Waals surface area (Å²) in [6.45, 7) is 6.76. The summed E-state index contributed by atoms with van der Waals surface area (Å²) in [6.07, 6.45) is 2.27. The largest absolute Gasteiger partial charge is 0.381 e. The van der Waals surface area contributed by atoms with E-state index < -0.39 is 0 Å². The van der Waals surface area contributed by atoms with Crippen molar-refractivity contribution < 1.29 is 9.13 Å². The van der Waals surface area contributed by atoms with E-state index in [4.69, 9.17) is 4.74 Å². The predicted molar refractivity (Wildman–Crippen MR) is 71.0 cm³/mol. The summed E-state index contributed by atoms with van der Waals surface area (Å²) >= 11 is 0. The van der Waals surface area contributed by atoms with Crippen LogP contribution in [0, 0.1) is 18.7 Å². The molecule has 1 heterocycles. The average Bonchev–Trinajstić information content (AvgIpc) is 2.38. The second-order valence-corrected chi connectivity index (χ2v) is 5.19. The molecule has 1 N–H and O–H groups in total. The summed E-state index contributed by atoms with van der Waals surface area (Å²) in [6, 6.07) is 5.48. The fourth-order valence-corrected chi connectivity index (χ4v) is 2.51. The molecule has 0 bridgehead atoms. The van der Waals surface area contributed by atoms with Gasteiger partial charge in [0.1, 0.15) is 5.82 Å². The first kappa shape index (κ1) is 13.5. The Kier molecular flexibility index (Phi) is 4.72. The molecule has 0 amide bonds.